The van der Waals surface area contributed by atoms with E-state index in [4.69, 9.17) is 21.1 Å². The molecular formula is C21H22ClFN4O6S. The van der Waals surface area contributed by atoms with E-state index in [0.29, 0.717) is 27.9 Å². The van der Waals surface area contributed by atoms with Gasteiger partial charge in [-0.2, -0.15) is 0 Å². The Morgan fingerprint density at radius 3 is 2.88 bits per heavy atom. The van der Waals surface area contributed by atoms with Gasteiger partial charge in [0.25, 0.3) is 0 Å². The number of rotatable bonds is 7. The fraction of sp³-hybridized carbons (Fsp3) is 0.381. The molecule has 0 spiro atoms. The SMILES string of the molecule is O=C(NC[C@H]1CN(c2ccc(C3CCNC(=O)N3CCO)cc2F)C(=O)O1)Oc1ccc(Cl)s1. The molecule has 182 valence electrons. The summed E-state index contributed by atoms with van der Waals surface area (Å²) in [5, 5.41) is 14.8. The van der Waals surface area contributed by atoms with Crippen LogP contribution in [0.2, 0.25) is 4.34 Å². The summed E-state index contributed by atoms with van der Waals surface area (Å²) in [4.78, 5) is 39.0. The third-order valence-corrected chi connectivity index (χ3v) is 6.52. The van der Waals surface area contributed by atoms with Crippen LogP contribution in [0.3, 0.4) is 0 Å². The summed E-state index contributed by atoms with van der Waals surface area (Å²) < 4.78 is 25.8. The molecule has 34 heavy (non-hydrogen) atoms. The monoisotopic (exact) mass is 512 g/mol. The summed E-state index contributed by atoms with van der Waals surface area (Å²) in [7, 11) is 0. The second-order valence-electron chi connectivity index (χ2n) is 7.61. The molecule has 2 aliphatic heterocycles. The normalized spacial score (nSPS) is 20.2. The largest absolute Gasteiger partial charge is 0.442 e. The third-order valence-electron chi connectivity index (χ3n) is 5.41. The van der Waals surface area contributed by atoms with Crippen molar-refractivity contribution >= 4 is 46.8 Å². The van der Waals surface area contributed by atoms with E-state index in [2.05, 4.69) is 10.6 Å². The van der Waals surface area contributed by atoms with Crippen molar-refractivity contribution in [1.29, 1.82) is 0 Å². The average Bonchev–Trinajstić information content (AvgIpc) is 3.38. The maximum absolute atomic E-state index is 15.0. The quantitative estimate of drug-likeness (QED) is 0.524. The fourth-order valence-corrected chi connectivity index (χ4v) is 4.75. The molecule has 4 rings (SSSR count). The van der Waals surface area contributed by atoms with E-state index in [1.165, 1.54) is 17.0 Å². The number of hydrogen-bond donors (Lipinski definition) is 3. The molecule has 0 radical (unpaired) electrons. The highest BCUT2D eigenvalue weighted by atomic mass is 35.5. The number of amides is 4. The predicted octanol–water partition coefficient (Wildman–Crippen LogP) is 3.10. The number of hydrogen-bond acceptors (Lipinski definition) is 7. The van der Waals surface area contributed by atoms with Crippen molar-refractivity contribution < 1.29 is 33.4 Å². The van der Waals surface area contributed by atoms with Gasteiger partial charge in [-0.05, 0) is 36.2 Å². The van der Waals surface area contributed by atoms with Gasteiger partial charge in [0.15, 0.2) is 5.06 Å². The number of cyclic esters (lactones) is 1. The van der Waals surface area contributed by atoms with Gasteiger partial charge < -0.3 is 30.1 Å². The smallest absolute Gasteiger partial charge is 0.414 e. The van der Waals surface area contributed by atoms with E-state index in [-0.39, 0.29) is 38.0 Å². The number of carbonyl (C=O) groups excluding carboxylic acids is 3. The lowest BCUT2D eigenvalue weighted by molar-refractivity contribution is 0.134. The number of aliphatic hydroxyl groups excluding tert-OH is 1. The molecule has 4 amide bonds. The molecule has 1 aromatic carbocycles. The molecule has 1 unspecified atom stereocenters. The standard InChI is InChI=1S/C21H22ClFN4O6S/c22-17-3-4-18(34-17)33-20(30)25-10-13-11-27(21(31)32-13)16-2-1-12(9-14(16)23)15-5-6-24-19(29)26(15)7-8-28/h1-4,9,13,15,28H,5-8,10-11H2,(H,24,29)(H,25,30)/t13-,15?/m0/s1. The van der Waals surface area contributed by atoms with Gasteiger partial charge in [-0.15, -0.1) is 0 Å². The first-order valence-corrected chi connectivity index (χ1v) is 11.7. The van der Waals surface area contributed by atoms with Gasteiger partial charge in [0.05, 0.1) is 35.8 Å². The molecule has 0 aliphatic carbocycles. The number of nitrogens with one attached hydrogen (secondary N) is 2. The molecule has 3 heterocycles. The number of ether oxygens (including phenoxy) is 2. The third kappa shape index (κ3) is 5.34. The molecule has 2 aromatic rings. The summed E-state index contributed by atoms with van der Waals surface area (Å²) >= 11 is 6.89. The minimum Gasteiger partial charge on any atom is -0.442 e. The van der Waals surface area contributed by atoms with Crippen LogP contribution in [0, 0.1) is 5.82 Å². The van der Waals surface area contributed by atoms with Crippen LogP contribution in [0.25, 0.3) is 0 Å². The zero-order chi connectivity index (χ0) is 24.2. The zero-order valence-corrected chi connectivity index (χ0v) is 19.4. The first-order chi connectivity index (χ1) is 16.4. The first-order valence-electron chi connectivity index (χ1n) is 10.5. The van der Waals surface area contributed by atoms with Gasteiger partial charge in [-0.25, -0.2) is 18.8 Å². The summed E-state index contributed by atoms with van der Waals surface area (Å²) in [6, 6.07) is 6.82. The van der Waals surface area contributed by atoms with Crippen LogP contribution in [0.15, 0.2) is 30.3 Å². The van der Waals surface area contributed by atoms with Crippen molar-refractivity contribution in [2.45, 2.75) is 18.6 Å². The highest BCUT2D eigenvalue weighted by molar-refractivity contribution is 7.17. The second kappa shape index (κ2) is 10.5. The van der Waals surface area contributed by atoms with E-state index in [0.717, 1.165) is 16.2 Å². The zero-order valence-electron chi connectivity index (χ0n) is 17.8. The molecular weight excluding hydrogens is 491 g/mol. The number of benzene rings is 1. The van der Waals surface area contributed by atoms with Gasteiger partial charge in [-0.3, -0.25) is 4.90 Å². The molecule has 0 bridgehead atoms. The Labute approximate surface area is 203 Å². The van der Waals surface area contributed by atoms with Crippen molar-refractivity contribution in [3.05, 3.63) is 46.0 Å². The van der Waals surface area contributed by atoms with Crippen molar-refractivity contribution in [2.24, 2.45) is 0 Å². The van der Waals surface area contributed by atoms with E-state index in [1.807, 2.05) is 0 Å². The lowest BCUT2D eigenvalue weighted by Crippen LogP contribution is -2.49. The maximum Gasteiger partial charge on any atom is 0.414 e. The lowest BCUT2D eigenvalue weighted by atomic mass is 9.99. The van der Waals surface area contributed by atoms with Crippen LogP contribution in [-0.2, 0) is 4.74 Å². The van der Waals surface area contributed by atoms with E-state index < -0.39 is 30.1 Å². The second-order valence-corrected chi connectivity index (χ2v) is 9.29. The molecule has 2 saturated heterocycles. The average molecular weight is 513 g/mol. The molecule has 10 nitrogen and oxygen atoms in total. The molecule has 2 atom stereocenters. The minimum atomic E-state index is -0.740. The van der Waals surface area contributed by atoms with Gasteiger partial charge in [-0.1, -0.05) is 29.0 Å². The van der Waals surface area contributed by atoms with Crippen LogP contribution in [0.4, 0.5) is 24.5 Å². The van der Waals surface area contributed by atoms with E-state index in [1.54, 1.807) is 18.2 Å². The van der Waals surface area contributed by atoms with Gasteiger partial charge in [0, 0.05) is 13.1 Å². The van der Waals surface area contributed by atoms with Crippen molar-refractivity contribution in [1.82, 2.24) is 15.5 Å². The first kappa shape index (κ1) is 24.0. The van der Waals surface area contributed by atoms with Crippen LogP contribution in [-0.4, -0.2) is 67.1 Å². The van der Waals surface area contributed by atoms with E-state index >= 15 is 4.39 Å². The van der Waals surface area contributed by atoms with Crippen LogP contribution in [0.5, 0.6) is 5.06 Å². The highest BCUT2D eigenvalue weighted by Crippen LogP contribution is 2.32. The van der Waals surface area contributed by atoms with Crippen molar-refractivity contribution in [3.8, 4) is 5.06 Å². The minimum absolute atomic E-state index is 0.0206. The maximum atomic E-state index is 15.0. The summed E-state index contributed by atoms with van der Waals surface area (Å²) in [5.74, 6) is -0.646. The van der Waals surface area contributed by atoms with Gasteiger partial charge in [0.2, 0.25) is 0 Å². The van der Waals surface area contributed by atoms with Gasteiger partial charge in [0.1, 0.15) is 11.9 Å². The van der Waals surface area contributed by atoms with Crippen LogP contribution >= 0.6 is 22.9 Å². The number of thiophene rings is 1. The number of carbonyl (C=O) groups is 3. The van der Waals surface area contributed by atoms with Crippen molar-refractivity contribution in [3.63, 3.8) is 0 Å². The fourth-order valence-electron chi connectivity index (χ4n) is 3.88. The number of β-amino-alcohol motifs (C(OH)–C–C–N with tert-alkyl or cyclic N) is 1. The summed E-state index contributed by atoms with van der Waals surface area (Å²) in [5.41, 5.74) is 0.591. The number of aliphatic hydroxyl groups is 1. The Morgan fingerprint density at radius 2 is 2.18 bits per heavy atom. The van der Waals surface area contributed by atoms with Crippen LogP contribution < -0.4 is 20.3 Å². The molecule has 13 heteroatoms. The molecule has 2 fully saturated rings. The number of urea groups is 1. The van der Waals surface area contributed by atoms with Crippen LogP contribution in [0.1, 0.15) is 18.0 Å². The van der Waals surface area contributed by atoms with Gasteiger partial charge >= 0.3 is 18.2 Å². The topological polar surface area (TPSA) is 120 Å². The Kier molecular flexibility index (Phi) is 7.39. The predicted molar refractivity (Wildman–Crippen MR) is 122 cm³/mol. The lowest BCUT2D eigenvalue weighted by Gasteiger charge is -2.36. The Balaban J connectivity index is 1.38. The molecule has 1 aromatic heterocycles. The summed E-state index contributed by atoms with van der Waals surface area (Å²) in [6.07, 6.45) is -1.62. The Morgan fingerprint density at radius 1 is 1.35 bits per heavy atom. The number of anilines is 1. The Hall–Kier alpha value is -3.09. The number of halogens is 2. The molecule has 3 N–H and O–H groups in total. The Bertz CT molecular complexity index is 1090. The van der Waals surface area contributed by atoms with E-state index in [9.17, 15) is 19.5 Å². The molecule has 0 saturated carbocycles. The number of nitrogens with zero attached hydrogens (tertiary/aromatic N) is 2. The highest BCUT2D eigenvalue weighted by Gasteiger charge is 2.35. The van der Waals surface area contributed by atoms with Crippen molar-refractivity contribution in [2.75, 3.05) is 37.7 Å². The molecule has 2 aliphatic rings. The summed E-state index contributed by atoms with van der Waals surface area (Å²) in [6.45, 7) is 0.350.